The van der Waals surface area contributed by atoms with Gasteiger partial charge in [0.05, 0.1) is 6.61 Å². The molecule has 0 spiro atoms. The number of para-hydroxylation sites is 1. The van der Waals surface area contributed by atoms with Crippen LogP contribution in [0.5, 0.6) is 5.75 Å². The van der Waals surface area contributed by atoms with Crippen molar-refractivity contribution in [2.45, 2.75) is 33.1 Å². The molecule has 3 aromatic rings. The fraction of sp³-hybridized carbons (Fsp3) is 0.389. The minimum absolute atomic E-state index is 0.517. The molecule has 24 heavy (non-hydrogen) atoms. The number of anilines is 1. The first kappa shape index (κ1) is 16.2. The quantitative estimate of drug-likeness (QED) is 0.635. The number of fused-ring (bicyclic) bond motifs is 1. The number of aromatic nitrogens is 3. The summed E-state index contributed by atoms with van der Waals surface area (Å²) in [6, 6.07) is 8.21. The van der Waals surface area contributed by atoms with Crippen LogP contribution in [0, 0.1) is 6.92 Å². The zero-order chi connectivity index (χ0) is 16.8. The Morgan fingerprint density at radius 3 is 2.96 bits per heavy atom. The second kappa shape index (κ2) is 7.77. The maximum Gasteiger partial charge on any atom is 0.252 e. The molecule has 0 saturated carbocycles. The third-order valence-corrected chi connectivity index (χ3v) is 3.65. The molecule has 2 heterocycles. The zero-order valence-corrected chi connectivity index (χ0v) is 14.1. The highest BCUT2D eigenvalue weighted by Gasteiger charge is 2.09. The molecule has 126 valence electrons. The first-order valence-electron chi connectivity index (χ1n) is 8.30. The van der Waals surface area contributed by atoms with Crippen LogP contribution in [0.25, 0.3) is 11.2 Å². The molecule has 0 fully saturated rings. The first-order chi connectivity index (χ1) is 11.8. The zero-order valence-electron chi connectivity index (χ0n) is 14.1. The van der Waals surface area contributed by atoms with E-state index in [2.05, 4.69) is 33.3 Å². The fourth-order valence-corrected chi connectivity index (χ4v) is 2.54. The van der Waals surface area contributed by atoms with E-state index in [1.165, 1.54) is 11.9 Å². The van der Waals surface area contributed by atoms with E-state index in [-0.39, 0.29) is 0 Å². The van der Waals surface area contributed by atoms with Crippen LogP contribution in [-0.4, -0.2) is 28.1 Å². The number of oxazole rings is 1. The van der Waals surface area contributed by atoms with Gasteiger partial charge in [0.15, 0.2) is 17.2 Å². The van der Waals surface area contributed by atoms with Gasteiger partial charge in [0.25, 0.3) is 5.71 Å². The molecule has 0 aliphatic rings. The van der Waals surface area contributed by atoms with Gasteiger partial charge < -0.3 is 14.5 Å². The third kappa shape index (κ3) is 3.82. The van der Waals surface area contributed by atoms with Gasteiger partial charge in [0.2, 0.25) is 0 Å². The van der Waals surface area contributed by atoms with Crippen molar-refractivity contribution in [1.29, 1.82) is 0 Å². The van der Waals surface area contributed by atoms with Gasteiger partial charge in [0, 0.05) is 13.5 Å². The standard InChI is InChI=1S/C18H22N4O2/c1-3-11-23-15-9-5-4-7-14(15)8-6-10-19-17-16-18(21-12-20-17)24-13(2)22-16/h4-5,7,9,12H,3,6,8,10-11H2,1-2H3,(H,19,20,21). The van der Waals surface area contributed by atoms with Gasteiger partial charge in [0.1, 0.15) is 12.1 Å². The van der Waals surface area contributed by atoms with Gasteiger partial charge in [-0.05, 0) is 30.9 Å². The number of ether oxygens (including phenoxy) is 1. The summed E-state index contributed by atoms with van der Waals surface area (Å²) in [6.07, 6.45) is 4.41. The number of hydrogen-bond acceptors (Lipinski definition) is 6. The van der Waals surface area contributed by atoms with Gasteiger partial charge in [-0.3, -0.25) is 0 Å². The van der Waals surface area contributed by atoms with Crippen molar-refractivity contribution >= 4 is 17.0 Å². The molecule has 0 amide bonds. The smallest absolute Gasteiger partial charge is 0.252 e. The Hall–Kier alpha value is -2.63. The van der Waals surface area contributed by atoms with Crippen LogP contribution in [0.2, 0.25) is 0 Å². The number of benzene rings is 1. The van der Waals surface area contributed by atoms with Crippen LogP contribution in [0.1, 0.15) is 31.2 Å². The van der Waals surface area contributed by atoms with Gasteiger partial charge in [-0.25, -0.2) is 9.97 Å². The van der Waals surface area contributed by atoms with Crippen molar-refractivity contribution < 1.29 is 9.15 Å². The third-order valence-electron chi connectivity index (χ3n) is 3.65. The summed E-state index contributed by atoms with van der Waals surface area (Å²) in [5.74, 6) is 2.29. The van der Waals surface area contributed by atoms with E-state index in [0.29, 0.717) is 22.9 Å². The number of nitrogens with one attached hydrogen (secondary N) is 1. The van der Waals surface area contributed by atoms with Gasteiger partial charge in [-0.1, -0.05) is 25.1 Å². The molecular formula is C18H22N4O2. The Morgan fingerprint density at radius 2 is 2.08 bits per heavy atom. The van der Waals surface area contributed by atoms with Gasteiger partial charge in [-0.2, -0.15) is 4.98 Å². The molecular weight excluding hydrogens is 304 g/mol. The highest BCUT2D eigenvalue weighted by molar-refractivity contribution is 5.80. The molecule has 3 rings (SSSR count). The summed E-state index contributed by atoms with van der Waals surface area (Å²) in [5.41, 5.74) is 2.43. The van der Waals surface area contributed by atoms with Crippen molar-refractivity contribution in [3.05, 3.63) is 42.0 Å². The maximum absolute atomic E-state index is 5.80. The summed E-state index contributed by atoms with van der Waals surface area (Å²) in [5, 5.41) is 3.32. The minimum Gasteiger partial charge on any atom is -0.493 e. The predicted molar refractivity (Wildman–Crippen MR) is 93.4 cm³/mol. The summed E-state index contributed by atoms with van der Waals surface area (Å²) >= 11 is 0. The Labute approximate surface area is 141 Å². The molecule has 0 aliphatic heterocycles. The Bertz CT molecular complexity index is 801. The van der Waals surface area contributed by atoms with Crippen molar-refractivity contribution in [3.63, 3.8) is 0 Å². The number of rotatable bonds is 8. The Kier molecular flexibility index (Phi) is 5.25. The van der Waals surface area contributed by atoms with Crippen LogP contribution >= 0.6 is 0 Å². The molecule has 2 aromatic heterocycles. The minimum atomic E-state index is 0.517. The van der Waals surface area contributed by atoms with Crippen molar-refractivity contribution in [2.75, 3.05) is 18.5 Å². The van der Waals surface area contributed by atoms with Crippen LogP contribution in [0.3, 0.4) is 0 Å². The molecule has 0 unspecified atom stereocenters. The summed E-state index contributed by atoms with van der Waals surface area (Å²) < 4.78 is 11.2. The van der Waals surface area contributed by atoms with Crippen LogP contribution < -0.4 is 10.1 Å². The Balaban J connectivity index is 1.57. The number of nitrogens with zero attached hydrogens (tertiary/aromatic N) is 3. The average Bonchev–Trinajstić information content (AvgIpc) is 2.98. The highest BCUT2D eigenvalue weighted by Crippen LogP contribution is 2.21. The van der Waals surface area contributed by atoms with Crippen molar-refractivity contribution in [3.8, 4) is 5.75 Å². The number of aryl methyl sites for hydroxylation is 2. The molecule has 1 aromatic carbocycles. The summed E-state index contributed by atoms with van der Waals surface area (Å²) in [6.45, 7) is 5.46. The van der Waals surface area contributed by atoms with Crippen LogP contribution in [-0.2, 0) is 6.42 Å². The molecule has 6 heteroatoms. The van der Waals surface area contributed by atoms with Gasteiger partial charge in [-0.15, -0.1) is 0 Å². The maximum atomic E-state index is 5.80. The first-order valence-corrected chi connectivity index (χ1v) is 8.30. The number of hydrogen-bond donors (Lipinski definition) is 1. The highest BCUT2D eigenvalue weighted by atomic mass is 16.5. The lowest BCUT2D eigenvalue weighted by Crippen LogP contribution is -2.06. The molecule has 0 atom stereocenters. The van der Waals surface area contributed by atoms with E-state index in [1.807, 2.05) is 18.2 Å². The normalized spacial score (nSPS) is 10.9. The second-order valence-electron chi connectivity index (χ2n) is 5.60. The molecule has 6 nitrogen and oxygen atoms in total. The topological polar surface area (TPSA) is 73.1 Å². The van der Waals surface area contributed by atoms with E-state index in [9.17, 15) is 0 Å². The summed E-state index contributed by atoms with van der Waals surface area (Å²) in [4.78, 5) is 12.7. The van der Waals surface area contributed by atoms with E-state index < -0.39 is 0 Å². The van der Waals surface area contributed by atoms with E-state index in [0.717, 1.165) is 38.2 Å². The second-order valence-corrected chi connectivity index (χ2v) is 5.60. The van der Waals surface area contributed by atoms with Gasteiger partial charge >= 0.3 is 0 Å². The SMILES string of the molecule is CCCOc1ccccc1CCCNc1ncnc2oc(C)nc12. The van der Waals surface area contributed by atoms with Crippen LogP contribution in [0.4, 0.5) is 5.82 Å². The Morgan fingerprint density at radius 1 is 1.21 bits per heavy atom. The van der Waals surface area contributed by atoms with E-state index in [1.54, 1.807) is 6.92 Å². The molecule has 1 N–H and O–H groups in total. The molecule has 0 aliphatic carbocycles. The van der Waals surface area contributed by atoms with Crippen LogP contribution in [0.15, 0.2) is 35.0 Å². The monoisotopic (exact) mass is 326 g/mol. The molecule has 0 bridgehead atoms. The largest absolute Gasteiger partial charge is 0.493 e. The van der Waals surface area contributed by atoms with Crippen molar-refractivity contribution in [1.82, 2.24) is 15.0 Å². The lowest BCUT2D eigenvalue weighted by molar-refractivity contribution is 0.314. The van der Waals surface area contributed by atoms with Crippen molar-refractivity contribution in [2.24, 2.45) is 0 Å². The average molecular weight is 326 g/mol. The lowest BCUT2D eigenvalue weighted by Gasteiger charge is -2.11. The summed E-state index contributed by atoms with van der Waals surface area (Å²) in [7, 11) is 0. The lowest BCUT2D eigenvalue weighted by atomic mass is 10.1. The van der Waals surface area contributed by atoms with E-state index in [4.69, 9.17) is 9.15 Å². The molecule has 0 radical (unpaired) electrons. The molecule has 0 saturated heterocycles. The predicted octanol–water partition coefficient (Wildman–Crippen LogP) is 3.76. The fourth-order valence-electron chi connectivity index (χ4n) is 2.54. The van der Waals surface area contributed by atoms with E-state index >= 15 is 0 Å².